The maximum atomic E-state index is 5.48. The van der Waals surface area contributed by atoms with Crippen LogP contribution in [0, 0.1) is 0 Å². The van der Waals surface area contributed by atoms with Gasteiger partial charge in [-0.15, -0.1) is 10.2 Å². The molecule has 3 heterocycles. The van der Waals surface area contributed by atoms with Crippen molar-refractivity contribution in [1.82, 2.24) is 19.8 Å². The van der Waals surface area contributed by atoms with Crippen molar-refractivity contribution in [3.8, 4) is 0 Å². The maximum Gasteiger partial charge on any atom is 0.215 e. The molecular formula is C23H25N5OS. The number of morpholine rings is 1. The second-order valence-corrected chi connectivity index (χ2v) is 8.62. The van der Waals surface area contributed by atoms with E-state index in [2.05, 4.69) is 80.7 Å². The van der Waals surface area contributed by atoms with E-state index in [1.54, 1.807) is 11.8 Å². The third kappa shape index (κ3) is 3.88. The highest BCUT2D eigenvalue weighted by Gasteiger charge is 2.28. The van der Waals surface area contributed by atoms with Gasteiger partial charge in [-0.1, -0.05) is 67.6 Å². The number of nitrogens with zero attached hydrogens (tertiary/aromatic N) is 4. The number of thioether (sulfide) groups is 1. The fourth-order valence-electron chi connectivity index (χ4n) is 3.92. The molecule has 2 aliphatic heterocycles. The summed E-state index contributed by atoms with van der Waals surface area (Å²) in [6.07, 6.45) is 0. The molecule has 30 heavy (non-hydrogen) atoms. The number of aromatic nitrogens is 3. The molecule has 1 saturated heterocycles. The van der Waals surface area contributed by atoms with Crippen molar-refractivity contribution in [1.29, 1.82) is 0 Å². The highest BCUT2D eigenvalue weighted by molar-refractivity contribution is 8.08. The van der Waals surface area contributed by atoms with E-state index in [4.69, 9.17) is 4.74 Å². The molecule has 154 valence electrons. The molecule has 0 bridgehead atoms. The van der Waals surface area contributed by atoms with Crippen LogP contribution in [-0.4, -0.2) is 52.6 Å². The SMILES string of the molecule is CC(CN1CCOCC1)c1nnc2n1NC(c1ccccc1)=C(c1ccccc1)S2. The summed E-state index contributed by atoms with van der Waals surface area (Å²) in [4.78, 5) is 3.60. The largest absolute Gasteiger partial charge is 0.379 e. The average Bonchev–Trinajstić information content (AvgIpc) is 3.23. The van der Waals surface area contributed by atoms with Crippen LogP contribution in [-0.2, 0) is 4.74 Å². The van der Waals surface area contributed by atoms with Crippen molar-refractivity contribution in [3.05, 3.63) is 77.6 Å². The minimum absolute atomic E-state index is 0.257. The molecule has 6 nitrogen and oxygen atoms in total. The Hall–Kier alpha value is -2.61. The highest BCUT2D eigenvalue weighted by Crippen LogP contribution is 2.42. The third-order valence-electron chi connectivity index (χ3n) is 5.48. The Morgan fingerprint density at radius 1 is 0.967 bits per heavy atom. The van der Waals surface area contributed by atoms with Gasteiger partial charge < -0.3 is 4.74 Å². The Morgan fingerprint density at radius 2 is 1.63 bits per heavy atom. The number of hydrogen-bond acceptors (Lipinski definition) is 6. The molecule has 1 aromatic heterocycles. The van der Waals surface area contributed by atoms with Gasteiger partial charge in [-0.25, -0.2) is 4.68 Å². The van der Waals surface area contributed by atoms with Crippen LogP contribution in [0.2, 0.25) is 0 Å². The Balaban J connectivity index is 1.48. The van der Waals surface area contributed by atoms with Gasteiger partial charge in [0.15, 0.2) is 5.82 Å². The lowest BCUT2D eigenvalue weighted by Gasteiger charge is -2.30. The summed E-state index contributed by atoms with van der Waals surface area (Å²) in [6, 6.07) is 20.9. The maximum absolute atomic E-state index is 5.48. The van der Waals surface area contributed by atoms with E-state index in [0.29, 0.717) is 0 Å². The lowest BCUT2D eigenvalue weighted by Crippen LogP contribution is -2.39. The molecule has 3 aromatic rings. The van der Waals surface area contributed by atoms with Gasteiger partial charge in [-0.05, 0) is 17.3 Å². The quantitative estimate of drug-likeness (QED) is 0.677. The van der Waals surface area contributed by atoms with Crippen molar-refractivity contribution in [2.24, 2.45) is 0 Å². The fraction of sp³-hybridized carbons (Fsp3) is 0.304. The van der Waals surface area contributed by atoms with Crippen LogP contribution in [0.15, 0.2) is 65.8 Å². The summed E-state index contributed by atoms with van der Waals surface area (Å²) in [6.45, 7) is 6.73. The van der Waals surface area contributed by atoms with Crippen molar-refractivity contribution in [3.63, 3.8) is 0 Å². The van der Waals surface area contributed by atoms with E-state index >= 15 is 0 Å². The second kappa shape index (κ2) is 8.63. The second-order valence-electron chi connectivity index (χ2n) is 7.64. The zero-order valence-corrected chi connectivity index (χ0v) is 17.8. The van der Waals surface area contributed by atoms with Crippen LogP contribution in [0.25, 0.3) is 10.6 Å². The van der Waals surface area contributed by atoms with Gasteiger partial charge in [-0.2, -0.15) is 0 Å². The first kappa shape index (κ1) is 19.4. The normalized spacial score (nSPS) is 18.0. The summed E-state index contributed by atoms with van der Waals surface area (Å²) in [5.41, 5.74) is 7.04. The van der Waals surface area contributed by atoms with E-state index in [0.717, 1.165) is 60.0 Å². The van der Waals surface area contributed by atoms with Crippen molar-refractivity contribution < 1.29 is 4.74 Å². The minimum atomic E-state index is 0.257. The van der Waals surface area contributed by atoms with E-state index in [1.165, 1.54) is 5.56 Å². The Kier molecular flexibility index (Phi) is 5.57. The summed E-state index contributed by atoms with van der Waals surface area (Å²) in [5.74, 6) is 1.22. The molecule has 1 unspecified atom stereocenters. The molecule has 0 radical (unpaired) electrons. The molecule has 1 N–H and O–H groups in total. The monoisotopic (exact) mass is 419 g/mol. The van der Waals surface area contributed by atoms with Crippen LogP contribution in [0.4, 0.5) is 0 Å². The minimum Gasteiger partial charge on any atom is -0.379 e. The third-order valence-corrected chi connectivity index (χ3v) is 6.57. The molecular weight excluding hydrogens is 394 g/mol. The van der Waals surface area contributed by atoms with Crippen LogP contribution >= 0.6 is 11.8 Å². The van der Waals surface area contributed by atoms with Crippen molar-refractivity contribution >= 4 is 22.4 Å². The summed E-state index contributed by atoms with van der Waals surface area (Å²) < 4.78 is 7.54. The first-order valence-corrected chi connectivity index (χ1v) is 11.2. The zero-order chi connectivity index (χ0) is 20.3. The molecule has 2 aromatic carbocycles. The topological polar surface area (TPSA) is 55.2 Å². The standard InChI is InChI=1S/C23H25N5OS/c1-17(16-27-12-14-29-15-13-27)22-24-25-23-28(22)26-20(18-8-4-2-5-9-18)21(30-23)19-10-6-3-7-11-19/h2-11,17,26H,12-16H2,1H3. The molecule has 7 heteroatoms. The lowest BCUT2D eigenvalue weighted by molar-refractivity contribution is 0.0353. The van der Waals surface area contributed by atoms with E-state index < -0.39 is 0 Å². The zero-order valence-electron chi connectivity index (χ0n) is 17.0. The molecule has 1 fully saturated rings. The summed E-state index contributed by atoms with van der Waals surface area (Å²) in [7, 11) is 0. The molecule has 0 amide bonds. The van der Waals surface area contributed by atoms with Crippen molar-refractivity contribution in [2.75, 3.05) is 38.3 Å². The molecule has 0 spiro atoms. The van der Waals surface area contributed by atoms with Gasteiger partial charge in [0.25, 0.3) is 0 Å². The summed E-state index contributed by atoms with van der Waals surface area (Å²) >= 11 is 1.67. The van der Waals surface area contributed by atoms with Crippen molar-refractivity contribution in [2.45, 2.75) is 18.0 Å². The average molecular weight is 420 g/mol. The summed E-state index contributed by atoms with van der Waals surface area (Å²) in [5, 5.41) is 9.95. The molecule has 1 atom stereocenters. The van der Waals surface area contributed by atoms with Gasteiger partial charge in [0.05, 0.1) is 18.9 Å². The molecule has 5 rings (SSSR count). The smallest absolute Gasteiger partial charge is 0.215 e. The number of hydrogen-bond donors (Lipinski definition) is 1. The van der Waals surface area contributed by atoms with E-state index in [1.807, 2.05) is 12.1 Å². The van der Waals surface area contributed by atoms with Gasteiger partial charge >= 0.3 is 0 Å². The number of nitrogens with one attached hydrogen (secondary N) is 1. The predicted molar refractivity (Wildman–Crippen MR) is 121 cm³/mol. The highest BCUT2D eigenvalue weighted by atomic mass is 32.2. The first-order chi connectivity index (χ1) is 14.8. The van der Waals surface area contributed by atoms with Crippen LogP contribution in [0.5, 0.6) is 0 Å². The number of rotatable bonds is 5. The van der Waals surface area contributed by atoms with Crippen LogP contribution < -0.4 is 5.43 Å². The first-order valence-electron chi connectivity index (χ1n) is 10.3. The van der Waals surface area contributed by atoms with E-state index in [9.17, 15) is 0 Å². The number of benzene rings is 2. The predicted octanol–water partition coefficient (Wildman–Crippen LogP) is 3.89. The molecule has 2 aliphatic rings. The Labute approximate surface area is 180 Å². The fourth-order valence-corrected chi connectivity index (χ4v) is 4.94. The van der Waals surface area contributed by atoms with Crippen LogP contribution in [0.1, 0.15) is 29.8 Å². The van der Waals surface area contributed by atoms with Gasteiger partial charge in [-0.3, -0.25) is 10.3 Å². The van der Waals surface area contributed by atoms with E-state index in [-0.39, 0.29) is 5.92 Å². The number of fused-ring (bicyclic) bond motifs is 1. The Bertz CT molecular complexity index is 1030. The van der Waals surface area contributed by atoms with Gasteiger partial charge in [0.1, 0.15) is 0 Å². The number of ether oxygens (including phenoxy) is 1. The lowest BCUT2D eigenvalue weighted by atomic mass is 10.1. The van der Waals surface area contributed by atoms with Gasteiger partial charge in [0.2, 0.25) is 5.16 Å². The van der Waals surface area contributed by atoms with Gasteiger partial charge in [0, 0.05) is 36.0 Å². The molecule has 0 saturated carbocycles. The molecule has 0 aliphatic carbocycles. The Morgan fingerprint density at radius 3 is 2.33 bits per heavy atom. The van der Waals surface area contributed by atoms with Crippen LogP contribution in [0.3, 0.4) is 0 Å².